The minimum atomic E-state index is -0.946. The summed E-state index contributed by atoms with van der Waals surface area (Å²) in [6.07, 6.45) is 6.29. The third kappa shape index (κ3) is 7.10. The molecule has 1 saturated carbocycles. The van der Waals surface area contributed by atoms with E-state index in [1.54, 1.807) is 25.3 Å². The van der Waals surface area contributed by atoms with Gasteiger partial charge >= 0.3 is 0 Å². The number of aromatic nitrogens is 1. The van der Waals surface area contributed by atoms with Crippen LogP contribution in [0.2, 0.25) is 0 Å². The molecule has 0 radical (unpaired) electrons. The molecular formula is C26H36F2N4O3. The summed E-state index contributed by atoms with van der Waals surface area (Å²) < 4.78 is 39.6. The minimum absolute atomic E-state index is 0.200. The summed E-state index contributed by atoms with van der Waals surface area (Å²) in [5.41, 5.74) is 0.178. The number of aliphatic hydroxyl groups is 1. The van der Waals surface area contributed by atoms with E-state index in [0.717, 1.165) is 32.2 Å². The van der Waals surface area contributed by atoms with E-state index in [4.69, 9.17) is 9.47 Å². The van der Waals surface area contributed by atoms with Gasteiger partial charge < -0.3 is 30.5 Å². The van der Waals surface area contributed by atoms with Gasteiger partial charge in [0.05, 0.1) is 24.1 Å². The highest BCUT2D eigenvalue weighted by Gasteiger charge is 2.30. The number of hydrogen-bond donors (Lipinski definition) is 4. The summed E-state index contributed by atoms with van der Waals surface area (Å²) in [5, 5.41) is 20.6. The van der Waals surface area contributed by atoms with Gasteiger partial charge in [-0.05, 0) is 49.4 Å². The van der Waals surface area contributed by atoms with Crippen LogP contribution in [-0.4, -0.2) is 67.8 Å². The van der Waals surface area contributed by atoms with E-state index in [-0.39, 0.29) is 18.3 Å². The normalized spacial score (nSPS) is 22.1. The molecule has 1 aromatic heterocycles. The van der Waals surface area contributed by atoms with Crippen LogP contribution < -0.4 is 16.0 Å². The molecule has 0 amide bonds. The number of halogens is 2. The third-order valence-corrected chi connectivity index (χ3v) is 6.98. The molecule has 2 aromatic rings. The quantitative estimate of drug-likeness (QED) is 0.375. The molecule has 35 heavy (non-hydrogen) atoms. The largest absolute Gasteiger partial charge is 0.388 e. The standard InChI is InChI=1S/C26H36F2N4O3/c1-34-13-10-29-19-3-5-20(6-4-19)32-25-15-21(23(28)16-30-25)18-2-7-22(27)24(14-18)31-17-26(33)8-11-35-12-9-26/h2,7,14-16,19-20,29,31,33H,3-6,8-13,17H2,1H3,(H,30,32)/t19-,20-. The molecule has 9 heteroatoms. The fourth-order valence-corrected chi connectivity index (χ4v) is 4.77. The molecule has 0 unspecified atom stereocenters. The summed E-state index contributed by atoms with van der Waals surface area (Å²) in [6, 6.07) is 6.90. The van der Waals surface area contributed by atoms with Crippen LogP contribution >= 0.6 is 0 Å². The Morgan fingerprint density at radius 2 is 1.83 bits per heavy atom. The number of nitrogens with one attached hydrogen (secondary N) is 3. The average molecular weight is 491 g/mol. The highest BCUT2D eigenvalue weighted by atomic mass is 19.1. The van der Waals surface area contributed by atoms with Crippen molar-refractivity contribution in [1.82, 2.24) is 10.3 Å². The van der Waals surface area contributed by atoms with Gasteiger partial charge in [-0.2, -0.15) is 0 Å². The number of hydrogen-bond acceptors (Lipinski definition) is 7. The molecular weight excluding hydrogens is 454 g/mol. The smallest absolute Gasteiger partial charge is 0.149 e. The Kier molecular flexibility index (Phi) is 8.89. The Bertz CT molecular complexity index is 964. The van der Waals surface area contributed by atoms with Gasteiger partial charge in [-0.1, -0.05) is 6.07 Å². The molecule has 1 aromatic carbocycles. The zero-order valence-electron chi connectivity index (χ0n) is 20.3. The Morgan fingerprint density at radius 3 is 2.57 bits per heavy atom. The number of methoxy groups -OCH3 is 1. The van der Waals surface area contributed by atoms with E-state index in [1.807, 2.05) is 0 Å². The average Bonchev–Trinajstić information content (AvgIpc) is 2.86. The van der Waals surface area contributed by atoms with E-state index in [2.05, 4.69) is 20.9 Å². The van der Waals surface area contributed by atoms with E-state index in [9.17, 15) is 13.9 Å². The van der Waals surface area contributed by atoms with Gasteiger partial charge in [0, 0.05) is 63.9 Å². The van der Waals surface area contributed by atoms with Crippen LogP contribution in [0.4, 0.5) is 20.3 Å². The number of benzene rings is 1. The first-order valence-corrected chi connectivity index (χ1v) is 12.4. The lowest BCUT2D eigenvalue weighted by Crippen LogP contribution is -2.42. The third-order valence-electron chi connectivity index (χ3n) is 6.98. The molecule has 2 aliphatic rings. The van der Waals surface area contributed by atoms with E-state index >= 15 is 0 Å². The van der Waals surface area contributed by atoms with Crippen LogP contribution in [-0.2, 0) is 9.47 Å². The van der Waals surface area contributed by atoms with Crippen molar-refractivity contribution in [3.63, 3.8) is 0 Å². The molecule has 1 aliphatic heterocycles. The van der Waals surface area contributed by atoms with Crippen molar-refractivity contribution >= 4 is 11.5 Å². The molecule has 0 atom stereocenters. The van der Waals surface area contributed by atoms with Crippen LogP contribution in [0.3, 0.4) is 0 Å². The second-order valence-electron chi connectivity index (χ2n) is 9.57. The monoisotopic (exact) mass is 490 g/mol. The Hall–Kier alpha value is -2.33. The van der Waals surface area contributed by atoms with Gasteiger partial charge in [0.1, 0.15) is 17.5 Å². The van der Waals surface area contributed by atoms with Crippen LogP contribution in [0.15, 0.2) is 30.5 Å². The molecule has 4 rings (SSSR count). The van der Waals surface area contributed by atoms with Gasteiger partial charge in [0.2, 0.25) is 0 Å². The van der Waals surface area contributed by atoms with Crippen molar-refractivity contribution in [1.29, 1.82) is 0 Å². The van der Waals surface area contributed by atoms with Crippen molar-refractivity contribution in [2.24, 2.45) is 0 Å². The van der Waals surface area contributed by atoms with Crippen molar-refractivity contribution in [2.45, 2.75) is 56.2 Å². The van der Waals surface area contributed by atoms with Crippen LogP contribution in [0, 0.1) is 11.6 Å². The van der Waals surface area contributed by atoms with E-state index < -0.39 is 17.2 Å². The maximum atomic E-state index is 14.7. The number of anilines is 2. The maximum absolute atomic E-state index is 14.7. The van der Waals surface area contributed by atoms with Crippen molar-refractivity contribution in [3.05, 3.63) is 42.1 Å². The molecule has 1 saturated heterocycles. The fourth-order valence-electron chi connectivity index (χ4n) is 4.77. The number of pyridine rings is 1. The number of nitrogens with zero attached hydrogens (tertiary/aromatic N) is 1. The van der Waals surface area contributed by atoms with Crippen LogP contribution in [0.5, 0.6) is 0 Å². The molecule has 7 nitrogen and oxygen atoms in total. The van der Waals surface area contributed by atoms with Gasteiger partial charge in [0.15, 0.2) is 0 Å². The first kappa shape index (κ1) is 25.8. The molecule has 0 bridgehead atoms. The highest BCUT2D eigenvalue weighted by molar-refractivity contribution is 5.71. The zero-order valence-corrected chi connectivity index (χ0v) is 20.3. The Morgan fingerprint density at radius 1 is 1.09 bits per heavy atom. The zero-order chi connectivity index (χ0) is 24.7. The second-order valence-corrected chi connectivity index (χ2v) is 9.57. The summed E-state index contributed by atoms with van der Waals surface area (Å²) in [5.74, 6) is -0.317. The van der Waals surface area contributed by atoms with E-state index in [0.29, 0.717) is 55.6 Å². The van der Waals surface area contributed by atoms with Crippen LogP contribution in [0.1, 0.15) is 38.5 Å². The first-order valence-electron chi connectivity index (χ1n) is 12.4. The van der Waals surface area contributed by atoms with E-state index in [1.165, 1.54) is 12.3 Å². The molecule has 0 spiro atoms. The molecule has 4 N–H and O–H groups in total. The van der Waals surface area contributed by atoms with Crippen LogP contribution in [0.25, 0.3) is 11.1 Å². The lowest BCUT2D eigenvalue weighted by Gasteiger charge is -2.32. The van der Waals surface area contributed by atoms with Crippen molar-refractivity contribution in [3.8, 4) is 11.1 Å². The molecule has 1 aliphatic carbocycles. The fraction of sp³-hybridized carbons (Fsp3) is 0.577. The topological polar surface area (TPSA) is 87.7 Å². The van der Waals surface area contributed by atoms with Gasteiger partial charge in [-0.15, -0.1) is 0 Å². The van der Waals surface area contributed by atoms with Crippen molar-refractivity contribution < 1.29 is 23.4 Å². The first-order chi connectivity index (χ1) is 17.0. The predicted octanol–water partition coefficient (Wildman–Crippen LogP) is 3.94. The summed E-state index contributed by atoms with van der Waals surface area (Å²) in [7, 11) is 1.70. The van der Waals surface area contributed by atoms with Crippen molar-refractivity contribution in [2.75, 3.05) is 50.7 Å². The summed E-state index contributed by atoms with van der Waals surface area (Å²) >= 11 is 0. The lowest BCUT2D eigenvalue weighted by atomic mass is 9.91. The summed E-state index contributed by atoms with van der Waals surface area (Å²) in [6.45, 7) is 2.71. The SMILES string of the molecule is COCCN[C@H]1CC[C@H](Nc2cc(-c3ccc(F)c(NCC4(O)CCOCC4)c3)c(F)cn2)CC1. The number of rotatable bonds is 10. The molecule has 192 valence electrons. The van der Waals surface area contributed by atoms with Gasteiger partial charge in [-0.25, -0.2) is 13.8 Å². The predicted molar refractivity (Wildman–Crippen MR) is 133 cm³/mol. The van der Waals surface area contributed by atoms with Gasteiger partial charge in [0.25, 0.3) is 0 Å². The second kappa shape index (κ2) is 12.1. The minimum Gasteiger partial charge on any atom is -0.388 e. The Balaban J connectivity index is 1.40. The maximum Gasteiger partial charge on any atom is 0.149 e. The highest BCUT2D eigenvalue weighted by Crippen LogP contribution is 2.30. The molecule has 2 fully saturated rings. The lowest BCUT2D eigenvalue weighted by molar-refractivity contribution is -0.0543. The number of ether oxygens (including phenoxy) is 2. The molecule has 2 heterocycles. The van der Waals surface area contributed by atoms with Gasteiger partial charge in [-0.3, -0.25) is 0 Å². The Labute approximate surface area is 205 Å². The summed E-state index contributed by atoms with van der Waals surface area (Å²) in [4.78, 5) is 4.23.